The van der Waals surface area contributed by atoms with Crippen molar-refractivity contribution in [3.8, 4) is 0 Å². The molecule has 1 spiro atoms. The summed E-state index contributed by atoms with van der Waals surface area (Å²) in [5, 5.41) is 14.6. The van der Waals surface area contributed by atoms with Crippen molar-refractivity contribution in [1.82, 2.24) is 15.2 Å². The number of pyridine rings is 1. The third-order valence-corrected chi connectivity index (χ3v) is 7.70. The summed E-state index contributed by atoms with van der Waals surface area (Å²) >= 11 is 0. The van der Waals surface area contributed by atoms with Gasteiger partial charge >= 0.3 is 0 Å². The molecule has 2 heterocycles. The lowest BCUT2D eigenvalue weighted by molar-refractivity contribution is -0.133. The quantitative estimate of drug-likeness (QED) is 0.704. The van der Waals surface area contributed by atoms with Gasteiger partial charge in [-0.3, -0.25) is 14.6 Å². The highest BCUT2D eigenvalue weighted by Crippen LogP contribution is 2.51. The smallest absolute Gasteiger partial charge is 0.253 e. The van der Waals surface area contributed by atoms with E-state index < -0.39 is 17.6 Å². The highest BCUT2D eigenvalue weighted by molar-refractivity contribution is 5.94. The van der Waals surface area contributed by atoms with Crippen LogP contribution in [0.1, 0.15) is 72.5 Å². The molecule has 2 atom stereocenters. The largest absolute Gasteiger partial charge is 0.390 e. The molecule has 6 nitrogen and oxygen atoms in total. The summed E-state index contributed by atoms with van der Waals surface area (Å²) in [6.07, 6.45) is 11.1. The van der Waals surface area contributed by atoms with Crippen LogP contribution < -0.4 is 5.32 Å². The molecule has 2 N–H and O–H groups in total. The predicted octanol–water partition coefficient (Wildman–Crippen LogP) is 3.68. The Morgan fingerprint density at radius 1 is 1.12 bits per heavy atom. The van der Waals surface area contributed by atoms with E-state index in [1.54, 1.807) is 18.3 Å². The highest BCUT2D eigenvalue weighted by Gasteiger charge is 2.53. The Bertz CT molecular complexity index is 1060. The Labute approximate surface area is 194 Å². The second-order valence-electron chi connectivity index (χ2n) is 9.55. The van der Waals surface area contributed by atoms with Gasteiger partial charge in [0.05, 0.1) is 17.7 Å². The van der Waals surface area contributed by atoms with Gasteiger partial charge in [-0.2, -0.15) is 0 Å². The SMILES string of the molecule is O=C(N[C@@H]1c2ccccc2C2(CCN(C(=O)CC3=CCCCC3)CC2)[C@H]1O)c1cccnc1. The normalized spacial score (nSPS) is 23.7. The summed E-state index contributed by atoms with van der Waals surface area (Å²) in [6, 6.07) is 11.0. The van der Waals surface area contributed by atoms with Crippen LogP contribution in [0.4, 0.5) is 0 Å². The number of carbonyl (C=O) groups is 2. The van der Waals surface area contributed by atoms with Crippen LogP contribution >= 0.6 is 0 Å². The average Bonchev–Trinajstić information content (AvgIpc) is 3.08. The first-order valence-electron chi connectivity index (χ1n) is 12.0. The van der Waals surface area contributed by atoms with E-state index in [9.17, 15) is 14.7 Å². The zero-order valence-corrected chi connectivity index (χ0v) is 18.9. The molecule has 1 saturated heterocycles. The molecule has 172 valence electrons. The topological polar surface area (TPSA) is 82.5 Å². The van der Waals surface area contributed by atoms with E-state index in [1.807, 2.05) is 23.1 Å². The molecule has 1 aliphatic heterocycles. The standard InChI is InChI=1S/C27H31N3O3/c31-23(17-19-7-2-1-3-8-19)30-15-12-27(13-16-30)22-11-5-4-10-21(22)24(25(27)32)29-26(33)20-9-6-14-28-18-20/h4-7,9-11,14,18,24-25,32H,1-3,8,12-13,15-17H2,(H,29,33)/t24-,25+/m1/s1. The summed E-state index contributed by atoms with van der Waals surface area (Å²) in [5.74, 6) is -0.0485. The van der Waals surface area contributed by atoms with Crippen molar-refractivity contribution in [2.24, 2.45) is 0 Å². The van der Waals surface area contributed by atoms with E-state index in [4.69, 9.17) is 0 Å². The zero-order chi connectivity index (χ0) is 22.8. The number of amides is 2. The number of rotatable bonds is 4. The van der Waals surface area contributed by atoms with Crippen molar-refractivity contribution in [3.63, 3.8) is 0 Å². The van der Waals surface area contributed by atoms with Crippen LogP contribution in [-0.4, -0.2) is 46.0 Å². The summed E-state index contributed by atoms with van der Waals surface area (Å²) in [7, 11) is 0. The fraction of sp³-hybridized carbons (Fsp3) is 0.444. The molecule has 0 unspecified atom stereocenters. The number of nitrogens with zero attached hydrogens (tertiary/aromatic N) is 2. The number of aromatic nitrogens is 1. The van der Waals surface area contributed by atoms with Crippen LogP contribution in [0.25, 0.3) is 0 Å². The number of piperidine rings is 1. The number of nitrogens with one attached hydrogen (secondary N) is 1. The van der Waals surface area contributed by atoms with Crippen molar-refractivity contribution in [2.45, 2.75) is 62.5 Å². The van der Waals surface area contributed by atoms with Crippen molar-refractivity contribution in [2.75, 3.05) is 13.1 Å². The lowest BCUT2D eigenvalue weighted by atomic mass is 9.72. The molecule has 1 aromatic heterocycles. The molecule has 33 heavy (non-hydrogen) atoms. The number of aliphatic hydroxyl groups is 1. The molecular weight excluding hydrogens is 414 g/mol. The van der Waals surface area contributed by atoms with E-state index in [2.05, 4.69) is 22.4 Å². The third kappa shape index (κ3) is 4.08. The van der Waals surface area contributed by atoms with Gasteiger partial charge in [0.1, 0.15) is 0 Å². The Kier molecular flexibility index (Phi) is 6.02. The Balaban J connectivity index is 1.32. The number of aliphatic hydroxyl groups excluding tert-OH is 1. The maximum atomic E-state index is 12.9. The molecule has 0 saturated carbocycles. The van der Waals surface area contributed by atoms with Crippen molar-refractivity contribution in [3.05, 3.63) is 77.1 Å². The van der Waals surface area contributed by atoms with Gasteiger partial charge < -0.3 is 15.3 Å². The first-order valence-corrected chi connectivity index (χ1v) is 12.0. The number of fused-ring (bicyclic) bond motifs is 2. The van der Waals surface area contributed by atoms with Gasteiger partial charge in [0, 0.05) is 37.3 Å². The molecule has 2 aromatic rings. The minimum atomic E-state index is -0.742. The Morgan fingerprint density at radius 2 is 1.94 bits per heavy atom. The van der Waals surface area contributed by atoms with E-state index in [-0.39, 0.29) is 11.8 Å². The Morgan fingerprint density at radius 3 is 2.67 bits per heavy atom. The van der Waals surface area contributed by atoms with Gasteiger partial charge in [0.2, 0.25) is 5.91 Å². The van der Waals surface area contributed by atoms with Gasteiger partial charge in [-0.25, -0.2) is 0 Å². The summed E-state index contributed by atoms with van der Waals surface area (Å²) < 4.78 is 0. The van der Waals surface area contributed by atoms with Crippen LogP contribution in [0.5, 0.6) is 0 Å². The molecule has 2 amide bonds. The number of allylic oxidation sites excluding steroid dienone is 1. The van der Waals surface area contributed by atoms with E-state index in [0.29, 0.717) is 37.9 Å². The third-order valence-electron chi connectivity index (χ3n) is 7.70. The van der Waals surface area contributed by atoms with Crippen molar-refractivity contribution < 1.29 is 14.7 Å². The van der Waals surface area contributed by atoms with Gasteiger partial charge in [-0.05, 0) is 61.8 Å². The molecule has 1 aromatic carbocycles. The monoisotopic (exact) mass is 445 g/mol. The highest BCUT2D eigenvalue weighted by atomic mass is 16.3. The van der Waals surface area contributed by atoms with Crippen LogP contribution in [0.2, 0.25) is 0 Å². The maximum absolute atomic E-state index is 12.9. The minimum absolute atomic E-state index is 0.195. The lowest BCUT2D eigenvalue weighted by Gasteiger charge is -2.43. The summed E-state index contributed by atoms with van der Waals surface area (Å²) in [4.78, 5) is 31.7. The minimum Gasteiger partial charge on any atom is -0.390 e. The summed E-state index contributed by atoms with van der Waals surface area (Å²) in [5.41, 5.74) is 3.35. The Hall–Kier alpha value is -2.99. The van der Waals surface area contributed by atoms with Crippen molar-refractivity contribution in [1.29, 1.82) is 0 Å². The van der Waals surface area contributed by atoms with Gasteiger partial charge in [0.25, 0.3) is 5.91 Å². The van der Waals surface area contributed by atoms with Crippen LogP contribution in [0.15, 0.2) is 60.4 Å². The van der Waals surface area contributed by atoms with Crippen molar-refractivity contribution >= 4 is 11.8 Å². The second-order valence-corrected chi connectivity index (χ2v) is 9.55. The molecule has 0 radical (unpaired) electrons. The fourth-order valence-corrected chi connectivity index (χ4v) is 5.84. The van der Waals surface area contributed by atoms with Gasteiger partial charge in [-0.1, -0.05) is 35.9 Å². The van der Waals surface area contributed by atoms with E-state index in [1.165, 1.54) is 24.6 Å². The molecule has 1 fully saturated rings. The zero-order valence-electron chi connectivity index (χ0n) is 18.9. The predicted molar refractivity (Wildman–Crippen MR) is 126 cm³/mol. The number of benzene rings is 1. The van der Waals surface area contributed by atoms with Crippen LogP contribution in [0, 0.1) is 0 Å². The average molecular weight is 446 g/mol. The molecule has 5 rings (SSSR count). The van der Waals surface area contributed by atoms with E-state index >= 15 is 0 Å². The van der Waals surface area contributed by atoms with Gasteiger partial charge in [0.15, 0.2) is 0 Å². The number of hydrogen-bond acceptors (Lipinski definition) is 4. The second kappa shape index (κ2) is 9.10. The maximum Gasteiger partial charge on any atom is 0.253 e. The van der Waals surface area contributed by atoms with E-state index in [0.717, 1.165) is 24.0 Å². The first kappa shape index (κ1) is 21.8. The van der Waals surface area contributed by atoms with Crippen LogP contribution in [-0.2, 0) is 10.2 Å². The number of likely N-dealkylation sites (tertiary alicyclic amines) is 1. The summed E-state index contributed by atoms with van der Waals surface area (Å²) in [6.45, 7) is 1.25. The fourth-order valence-electron chi connectivity index (χ4n) is 5.84. The van der Waals surface area contributed by atoms with Crippen LogP contribution in [0.3, 0.4) is 0 Å². The first-order chi connectivity index (χ1) is 16.1. The molecule has 3 aliphatic rings. The number of hydrogen-bond donors (Lipinski definition) is 2. The number of carbonyl (C=O) groups excluding carboxylic acids is 2. The molecular formula is C27H31N3O3. The lowest BCUT2D eigenvalue weighted by Crippen LogP contribution is -2.51. The molecule has 0 bridgehead atoms. The molecule has 6 heteroatoms. The van der Waals surface area contributed by atoms with Gasteiger partial charge in [-0.15, -0.1) is 0 Å². The molecule has 2 aliphatic carbocycles.